The van der Waals surface area contributed by atoms with Crippen molar-refractivity contribution in [2.45, 2.75) is 11.4 Å². The number of hydrogen-bond donors (Lipinski definition) is 1. The first-order valence-electron chi connectivity index (χ1n) is 7.43. The Bertz CT molecular complexity index is 766. The molecule has 2 aromatic rings. The summed E-state index contributed by atoms with van der Waals surface area (Å²) in [6.07, 6.45) is 1.89. The second kappa shape index (κ2) is 9.34. The summed E-state index contributed by atoms with van der Waals surface area (Å²) in [6.45, 7) is -0.0566. The average molecular weight is 380 g/mol. The molecular formula is C18H18ClNO4S. The van der Waals surface area contributed by atoms with Crippen LogP contribution in [0.2, 0.25) is 5.02 Å². The van der Waals surface area contributed by atoms with Gasteiger partial charge in [-0.2, -0.15) is 0 Å². The summed E-state index contributed by atoms with van der Waals surface area (Å²) in [5.41, 5.74) is 1.13. The summed E-state index contributed by atoms with van der Waals surface area (Å²) in [6, 6.07) is 12.4. The van der Waals surface area contributed by atoms with E-state index in [2.05, 4.69) is 5.32 Å². The van der Waals surface area contributed by atoms with E-state index in [9.17, 15) is 9.59 Å². The Morgan fingerprint density at radius 1 is 1.20 bits per heavy atom. The molecule has 0 atom stereocenters. The molecule has 0 saturated carbocycles. The number of esters is 1. The highest BCUT2D eigenvalue weighted by Crippen LogP contribution is 2.23. The molecule has 0 heterocycles. The van der Waals surface area contributed by atoms with E-state index in [1.54, 1.807) is 19.2 Å². The Hall–Kier alpha value is -2.18. The van der Waals surface area contributed by atoms with Crippen molar-refractivity contribution in [1.29, 1.82) is 0 Å². The number of hydrogen-bond acceptors (Lipinski definition) is 5. The molecular weight excluding hydrogens is 362 g/mol. The van der Waals surface area contributed by atoms with Crippen molar-refractivity contribution in [1.82, 2.24) is 5.32 Å². The van der Waals surface area contributed by atoms with Gasteiger partial charge in [0.2, 0.25) is 0 Å². The fourth-order valence-corrected chi connectivity index (χ4v) is 2.67. The van der Waals surface area contributed by atoms with Crippen molar-refractivity contribution in [2.75, 3.05) is 20.0 Å². The summed E-state index contributed by atoms with van der Waals surface area (Å²) in [7, 11) is 1.58. The second-order valence-corrected chi connectivity index (χ2v) is 6.34. The average Bonchev–Trinajstić information content (AvgIpc) is 2.65. The highest BCUT2D eigenvalue weighted by Gasteiger charge is 2.14. The van der Waals surface area contributed by atoms with Gasteiger partial charge in [0.1, 0.15) is 5.75 Å². The molecule has 0 saturated heterocycles. The van der Waals surface area contributed by atoms with Crippen LogP contribution in [0.3, 0.4) is 0 Å². The van der Waals surface area contributed by atoms with Crippen molar-refractivity contribution in [3.63, 3.8) is 0 Å². The number of methoxy groups -OCH3 is 1. The van der Waals surface area contributed by atoms with Gasteiger partial charge in [-0.3, -0.25) is 4.79 Å². The number of ether oxygens (including phenoxy) is 2. The monoisotopic (exact) mass is 379 g/mol. The zero-order chi connectivity index (χ0) is 18.2. The standard InChI is InChI=1S/C18H18ClNO4S/c1-23-13-5-3-4-12(8-13)10-20-17(21)11-24-18(22)15-9-14(25-2)6-7-16(15)19/h3-9H,10-11H2,1-2H3,(H,20,21). The zero-order valence-electron chi connectivity index (χ0n) is 13.9. The molecule has 5 nitrogen and oxygen atoms in total. The van der Waals surface area contributed by atoms with Crippen molar-refractivity contribution in [2.24, 2.45) is 0 Å². The lowest BCUT2D eigenvalue weighted by Gasteiger charge is -2.09. The fourth-order valence-electron chi connectivity index (χ4n) is 2.03. The molecule has 7 heteroatoms. The van der Waals surface area contributed by atoms with Crippen LogP contribution in [0.4, 0.5) is 0 Å². The van der Waals surface area contributed by atoms with Crippen LogP contribution < -0.4 is 10.1 Å². The predicted molar refractivity (Wildman–Crippen MR) is 98.4 cm³/mol. The van der Waals surface area contributed by atoms with Gasteiger partial charge in [-0.1, -0.05) is 23.7 Å². The third-order valence-corrected chi connectivity index (χ3v) is 4.41. The largest absolute Gasteiger partial charge is 0.497 e. The minimum atomic E-state index is -0.627. The van der Waals surface area contributed by atoms with Crippen LogP contribution in [-0.2, 0) is 16.1 Å². The molecule has 0 spiro atoms. The molecule has 0 aromatic heterocycles. The highest BCUT2D eigenvalue weighted by atomic mass is 35.5. The molecule has 132 valence electrons. The van der Waals surface area contributed by atoms with E-state index >= 15 is 0 Å². The summed E-state index contributed by atoms with van der Waals surface area (Å²) in [4.78, 5) is 24.8. The van der Waals surface area contributed by atoms with E-state index in [0.29, 0.717) is 17.3 Å². The number of thioether (sulfide) groups is 1. The highest BCUT2D eigenvalue weighted by molar-refractivity contribution is 7.98. The molecule has 1 amide bonds. The lowest BCUT2D eigenvalue weighted by Crippen LogP contribution is -2.28. The minimum Gasteiger partial charge on any atom is -0.497 e. The van der Waals surface area contributed by atoms with Crippen LogP contribution >= 0.6 is 23.4 Å². The van der Waals surface area contributed by atoms with Gasteiger partial charge < -0.3 is 14.8 Å². The SMILES string of the molecule is COc1cccc(CNC(=O)COC(=O)c2cc(SC)ccc2Cl)c1. The summed E-state index contributed by atoms with van der Waals surface area (Å²) in [5.74, 6) is -0.313. The molecule has 0 radical (unpaired) electrons. The molecule has 0 aliphatic carbocycles. The van der Waals surface area contributed by atoms with Gasteiger partial charge in [-0.05, 0) is 42.2 Å². The van der Waals surface area contributed by atoms with Gasteiger partial charge in [0, 0.05) is 11.4 Å². The summed E-state index contributed by atoms with van der Waals surface area (Å²) < 4.78 is 10.2. The van der Waals surface area contributed by atoms with Crippen molar-refractivity contribution in [3.05, 3.63) is 58.6 Å². The van der Waals surface area contributed by atoms with Gasteiger partial charge >= 0.3 is 5.97 Å². The number of rotatable bonds is 7. The molecule has 2 aromatic carbocycles. The zero-order valence-corrected chi connectivity index (χ0v) is 15.4. The van der Waals surface area contributed by atoms with E-state index in [1.165, 1.54) is 11.8 Å². The molecule has 25 heavy (non-hydrogen) atoms. The van der Waals surface area contributed by atoms with Crippen LogP contribution in [0.1, 0.15) is 15.9 Å². The third kappa shape index (κ3) is 5.69. The van der Waals surface area contributed by atoms with Gasteiger partial charge in [0.05, 0.1) is 17.7 Å². The number of nitrogens with one attached hydrogen (secondary N) is 1. The van der Waals surface area contributed by atoms with Crippen LogP contribution in [0, 0.1) is 0 Å². The Balaban J connectivity index is 1.86. The van der Waals surface area contributed by atoms with Crippen LogP contribution in [0.15, 0.2) is 47.4 Å². The molecule has 0 bridgehead atoms. The molecule has 2 rings (SSSR count). The summed E-state index contributed by atoms with van der Waals surface area (Å²) >= 11 is 7.50. The Labute approximate surface area is 155 Å². The maximum Gasteiger partial charge on any atom is 0.340 e. The number of halogens is 1. The Morgan fingerprint density at radius 2 is 2.00 bits per heavy atom. The topological polar surface area (TPSA) is 64.6 Å². The van der Waals surface area contributed by atoms with E-state index < -0.39 is 11.9 Å². The van der Waals surface area contributed by atoms with Crippen LogP contribution in [-0.4, -0.2) is 31.8 Å². The Kier molecular flexibility index (Phi) is 7.16. The molecule has 1 N–H and O–H groups in total. The molecule has 0 unspecified atom stereocenters. The first kappa shape index (κ1) is 19.1. The van der Waals surface area contributed by atoms with Gasteiger partial charge in [0.25, 0.3) is 5.91 Å². The van der Waals surface area contributed by atoms with Gasteiger partial charge in [-0.15, -0.1) is 11.8 Å². The van der Waals surface area contributed by atoms with Gasteiger partial charge in [0.15, 0.2) is 6.61 Å². The number of amides is 1. The van der Waals surface area contributed by atoms with Crippen molar-refractivity contribution < 1.29 is 19.1 Å². The molecule has 0 aliphatic rings. The fraction of sp³-hybridized carbons (Fsp3) is 0.222. The number of carbonyl (C=O) groups excluding carboxylic acids is 2. The van der Waals surface area contributed by atoms with Crippen molar-refractivity contribution in [3.8, 4) is 5.75 Å². The maximum absolute atomic E-state index is 12.1. The molecule has 0 aliphatic heterocycles. The molecule has 0 fully saturated rings. The van der Waals surface area contributed by atoms with Crippen LogP contribution in [0.5, 0.6) is 5.75 Å². The second-order valence-electron chi connectivity index (χ2n) is 5.05. The lowest BCUT2D eigenvalue weighted by molar-refractivity contribution is -0.124. The maximum atomic E-state index is 12.1. The quantitative estimate of drug-likeness (QED) is 0.588. The smallest absolute Gasteiger partial charge is 0.340 e. The van der Waals surface area contributed by atoms with Gasteiger partial charge in [-0.25, -0.2) is 4.79 Å². The minimum absolute atomic E-state index is 0.245. The predicted octanol–water partition coefficient (Wildman–Crippen LogP) is 3.54. The first-order chi connectivity index (χ1) is 12.0. The number of benzene rings is 2. The van der Waals surface area contributed by atoms with Crippen molar-refractivity contribution >= 4 is 35.2 Å². The summed E-state index contributed by atoms with van der Waals surface area (Å²) in [5, 5.41) is 2.98. The van der Waals surface area contributed by atoms with E-state index in [4.69, 9.17) is 21.1 Å². The van der Waals surface area contributed by atoms with E-state index in [-0.39, 0.29) is 12.2 Å². The normalized spacial score (nSPS) is 10.2. The first-order valence-corrected chi connectivity index (χ1v) is 9.04. The number of carbonyl (C=O) groups is 2. The third-order valence-electron chi connectivity index (χ3n) is 3.35. The Morgan fingerprint density at radius 3 is 2.72 bits per heavy atom. The van der Waals surface area contributed by atoms with E-state index in [1.807, 2.05) is 36.6 Å². The lowest BCUT2D eigenvalue weighted by atomic mass is 10.2. The van der Waals surface area contributed by atoms with Crippen LogP contribution in [0.25, 0.3) is 0 Å². The van der Waals surface area contributed by atoms with E-state index in [0.717, 1.165) is 10.5 Å².